The van der Waals surface area contributed by atoms with Gasteiger partial charge in [-0.2, -0.15) is 5.10 Å². The van der Waals surface area contributed by atoms with Crippen molar-refractivity contribution in [1.82, 2.24) is 14.8 Å². The number of benzene rings is 2. The highest BCUT2D eigenvalue weighted by Gasteiger charge is 2.12. The van der Waals surface area contributed by atoms with Crippen molar-refractivity contribution in [2.45, 2.75) is 6.54 Å². The van der Waals surface area contributed by atoms with Crippen LogP contribution in [0.1, 0.15) is 5.56 Å². The van der Waals surface area contributed by atoms with Crippen LogP contribution in [-0.4, -0.2) is 14.8 Å². The summed E-state index contributed by atoms with van der Waals surface area (Å²) in [5.74, 6) is 0.763. The van der Waals surface area contributed by atoms with E-state index in [1.54, 1.807) is 36.4 Å². The van der Waals surface area contributed by atoms with Crippen molar-refractivity contribution in [3.05, 3.63) is 84.1 Å². The second-order valence-corrected chi connectivity index (χ2v) is 6.30. The van der Waals surface area contributed by atoms with Crippen LogP contribution in [0.4, 0.5) is 0 Å². The number of halogens is 3. The molecular formula is C16H10Cl3N3O3. The first kappa shape index (κ1) is 17.5. The molecule has 0 bridgehead atoms. The molecule has 0 aliphatic carbocycles. The lowest BCUT2D eigenvalue weighted by molar-refractivity contribution is 0.482. The van der Waals surface area contributed by atoms with E-state index in [-0.39, 0.29) is 22.3 Å². The van der Waals surface area contributed by atoms with Crippen LogP contribution in [0.3, 0.4) is 0 Å². The van der Waals surface area contributed by atoms with Crippen molar-refractivity contribution in [2.24, 2.45) is 0 Å². The summed E-state index contributed by atoms with van der Waals surface area (Å²) in [6.07, 6.45) is 1.02. The summed E-state index contributed by atoms with van der Waals surface area (Å²) in [5.41, 5.74) is -0.573. The molecule has 0 aliphatic rings. The average molecular weight is 399 g/mol. The highest BCUT2D eigenvalue weighted by Crippen LogP contribution is 2.37. The Balaban J connectivity index is 1.89. The Bertz CT molecular complexity index is 1020. The molecule has 1 N–H and O–H groups in total. The summed E-state index contributed by atoms with van der Waals surface area (Å²) in [6, 6.07) is 10.0. The predicted molar refractivity (Wildman–Crippen MR) is 96.2 cm³/mol. The van der Waals surface area contributed by atoms with E-state index in [9.17, 15) is 9.59 Å². The molecule has 3 rings (SSSR count). The maximum absolute atomic E-state index is 11.7. The van der Waals surface area contributed by atoms with Crippen molar-refractivity contribution in [3.8, 4) is 11.5 Å². The number of rotatable bonds is 4. The molecule has 128 valence electrons. The van der Waals surface area contributed by atoms with Gasteiger partial charge < -0.3 is 4.74 Å². The number of ether oxygens (including phenoxy) is 1. The van der Waals surface area contributed by atoms with Gasteiger partial charge in [-0.05, 0) is 35.9 Å². The van der Waals surface area contributed by atoms with Gasteiger partial charge in [0.05, 0.1) is 16.6 Å². The first-order valence-electron chi connectivity index (χ1n) is 7.00. The van der Waals surface area contributed by atoms with Gasteiger partial charge in [0.2, 0.25) is 0 Å². The molecule has 1 aromatic heterocycles. The van der Waals surface area contributed by atoms with E-state index in [0.717, 1.165) is 10.9 Å². The Morgan fingerprint density at radius 3 is 2.44 bits per heavy atom. The van der Waals surface area contributed by atoms with Crippen molar-refractivity contribution in [1.29, 1.82) is 0 Å². The lowest BCUT2D eigenvalue weighted by atomic mass is 10.2. The molecule has 9 heteroatoms. The standard InChI is InChI=1S/C16H10Cl3N3O3/c17-10-2-1-3-11(6-10)25-15-12(18)4-9(5-13(15)19)8-22-16(24)21-14(23)7-20-22/h1-7H,8H2,(H,21,23,24). The molecule has 0 saturated carbocycles. The molecule has 0 aliphatic heterocycles. The molecule has 0 atom stereocenters. The van der Waals surface area contributed by atoms with E-state index in [1.165, 1.54) is 0 Å². The molecule has 0 radical (unpaired) electrons. The molecule has 25 heavy (non-hydrogen) atoms. The zero-order valence-electron chi connectivity index (χ0n) is 12.5. The second kappa shape index (κ2) is 7.31. The number of H-pyrrole nitrogens is 1. The van der Waals surface area contributed by atoms with Crippen LogP contribution in [0.15, 0.2) is 52.2 Å². The van der Waals surface area contributed by atoms with Crippen LogP contribution in [0.5, 0.6) is 11.5 Å². The normalized spacial score (nSPS) is 10.7. The molecule has 0 fully saturated rings. The minimum absolute atomic E-state index is 0.0898. The quantitative estimate of drug-likeness (QED) is 0.726. The Morgan fingerprint density at radius 1 is 1.08 bits per heavy atom. The first-order valence-corrected chi connectivity index (χ1v) is 8.13. The van der Waals surface area contributed by atoms with Crippen LogP contribution in [0, 0.1) is 0 Å². The second-order valence-electron chi connectivity index (χ2n) is 5.04. The third kappa shape index (κ3) is 4.22. The topological polar surface area (TPSA) is 77.0 Å². The van der Waals surface area contributed by atoms with Crippen molar-refractivity contribution < 1.29 is 4.74 Å². The fourth-order valence-corrected chi connectivity index (χ4v) is 2.90. The summed E-state index contributed by atoms with van der Waals surface area (Å²) in [5, 5.41) is 4.81. The minimum Gasteiger partial charge on any atom is -0.454 e. The van der Waals surface area contributed by atoms with Gasteiger partial charge in [0.25, 0.3) is 5.56 Å². The summed E-state index contributed by atoms with van der Waals surface area (Å²) < 4.78 is 6.77. The van der Waals surface area contributed by atoms with E-state index in [4.69, 9.17) is 39.5 Å². The summed E-state index contributed by atoms with van der Waals surface area (Å²) in [6.45, 7) is 0.0898. The maximum atomic E-state index is 11.7. The van der Waals surface area contributed by atoms with E-state index >= 15 is 0 Å². The monoisotopic (exact) mass is 397 g/mol. The summed E-state index contributed by atoms with van der Waals surface area (Å²) in [4.78, 5) is 24.9. The number of nitrogens with one attached hydrogen (secondary N) is 1. The fraction of sp³-hybridized carbons (Fsp3) is 0.0625. The lowest BCUT2D eigenvalue weighted by Gasteiger charge is -2.12. The molecule has 0 unspecified atom stereocenters. The first-order chi connectivity index (χ1) is 11.9. The number of aromatic amines is 1. The zero-order chi connectivity index (χ0) is 18.0. The number of aromatic nitrogens is 3. The van der Waals surface area contributed by atoms with Gasteiger partial charge in [0.15, 0.2) is 5.75 Å². The highest BCUT2D eigenvalue weighted by atomic mass is 35.5. The number of hydrogen-bond acceptors (Lipinski definition) is 4. The van der Waals surface area contributed by atoms with Gasteiger partial charge >= 0.3 is 5.69 Å². The Morgan fingerprint density at radius 2 is 1.80 bits per heavy atom. The lowest BCUT2D eigenvalue weighted by Crippen LogP contribution is -2.31. The predicted octanol–water partition coefficient (Wildman–Crippen LogP) is 3.73. The van der Waals surface area contributed by atoms with Gasteiger partial charge in [-0.25, -0.2) is 9.48 Å². The number of nitrogens with zero attached hydrogens (tertiary/aromatic N) is 2. The molecule has 0 saturated heterocycles. The summed E-state index contributed by atoms with van der Waals surface area (Å²) >= 11 is 18.4. The van der Waals surface area contributed by atoms with Gasteiger partial charge in [-0.15, -0.1) is 0 Å². The SMILES string of the molecule is O=c1cnn(Cc2cc(Cl)c(Oc3cccc(Cl)c3)c(Cl)c2)c(=O)[nH]1. The van der Waals surface area contributed by atoms with E-state index in [0.29, 0.717) is 16.3 Å². The van der Waals surface area contributed by atoms with Crippen LogP contribution in [0.25, 0.3) is 0 Å². The Hall–Kier alpha value is -2.28. The van der Waals surface area contributed by atoms with E-state index in [2.05, 4.69) is 10.1 Å². The molecule has 6 nitrogen and oxygen atoms in total. The highest BCUT2D eigenvalue weighted by molar-refractivity contribution is 6.37. The molecule has 1 heterocycles. The maximum Gasteiger partial charge on any atom is 0.345 e. The van der Waals surface area contributed by atoms with Crippen molar-refractivity contribution >= 4 is 34.8 Å². The van der Waals surface area contributed by atoms with Crippen LogP contribution in [-0.2, 0) is 6.54 Å². The number of hydrogen-bond donors (Lipinski definition) is 1. The molecule has 3 aromatic rings. The fourth-order valence-electron chi connectivity index (χ4n) is 2.11. The average Bonchev–Trinajstić information content (AvgIpc) is 2.54. The molecular weight excluding hydrogens is 389 g/mol. The third-order valence-electron chi connectivity index (χ3n) is 3.19. The van der Waals surface area contributed by atoms with E-state index < -0.39 is 11.2 Å². The molecule has 0 spiro atoms. The van der Waals surface area contributed by atoms with Crippen LogP contribution >= 0.6 is 34.8 Å². The van der Waals surface area contributed by atoms with Crippen molar-refractivity contribution in [2.75, 3.05) is 0 Å². The Labute approximate surface area is 156 Å². The zero-order valence-corrected chi connectivity index (χ0v) is 14.8. The minimum atomic E-state index is -0.626. The molecule has 2 aromatic carbocycles. The van der Waals surface area contributed by atoms with Gasteiger partial charge in [0, 0.05) is 5.02 Å². The van der Waals surface area contributed by atoms with Gasteiger partial charge in [0.1, 0.15) is 11.9 Å². The van der Waals surface area contributed by atoms with Crippen molar-refractivity contribution in [3.63, 3.8) is 0 Å². The molecule has 0 amide bonds. The Kier molecular flexibility index (Phi) is 5.13. The van der Waals surface area contributed by atoms with Crippen LogP contribution in [0.2, 0.25) is 15.1 Å². The summed E-state index contributed by atoms with van der Waals surface area (Å²) in [7, 11) is 0. The third-order valence-corrected chi connectivity index (χ3v) is 3.98. The largest absolute Gasteiger partial charge is 0.454 e. The van der Waals surface area contributed by atoms with Crippen LogP contribution < -0.4 is 16.0 Å². The van der Waals surface area contributed by atoms with Gasteiger partial charge in [-0.3, -0.25) is 9.78 Å². The smallest absolute Gasteiger partial charge is 0.345 e. The van der Waals surface area contributed by atoms with Gasteiger partial charge in [-0.1, -0.05) is 40.9 Å². The van der Waals surface area contributed by atoms with E-state index in [1.807, 2.05) is 0 Å².